The van der Waals surface area contributed by atoms with E-state index in [0.29, 0.717) is 48.8 Å². The molecule has 2 fully saturated rings. The average molecular weight is 521 g/mol. The smallest absolute Gasteiger partial charge is 0.320 e. The van der Waals surface area contributed by atoms with Gasteiger partial charge in [-0.2, -0.15) is 15.1 Å². The third-order valence-corrected chi connectivity index (χ3v) is 7.75. The van der Waals surface area contributed by atoms with Gasteiger partial charge in [0, 0.05) is 66.4 Å². The van der Waals surface area contributed by atoms with Crippen molar-refractivity contribution in [3.63, 3.8) is 0 Å². The molecular weight excluding hydrogens is 492 g/mol. The van der Waals surface area contributed by atoms with Gasteiger partial charge >= 0.3 is 6.01 Å². The molecule has 35 heavy (non-hydrogen) atoms. The first-order valence-corrected chi connectivity index (χ1v) is 13.5. The Kier molecular flexibility index (Phi) is 8.09. The van der Waals surface area contributed by atoms with E-state index in [1.165, 1.54) is 0 Å². The highest BCUT2D eigenvalue weighted by atomic mass is 35.5. The van der Waals surface area contributed by atoms with Crippen LogP contribution in [0.25, 0.3) is 0 Å². The maximum atomic E-state index is 12.4. The molecule has 10 nitrogen and oxygen atoms in total. The molecule has 1 atom stereocenters. The Morgan fingerprint density at radius 2 is 1.86 bits per heavy atom. The van der Waals surface area contributed by atoms with Crippen LogP contribution < -0.4 is 15.1 Å². The molecule has 2 saturated heterocycles. The predicted molar refractivity (Wildman–Crippen MR) is 135 cm³/mol. The number of hydrazone groups is 1. The van der Waals surface area contributed by atoms with Gasteiger partial charge in [-0.1, -0.05) is 11.6 Å². The number of nitrogens with zero attached hydrogens (tertiary/aromatic N) is 5. The Morgan fingerprint density at radius 3 is 2.66 bits per heavy atom. The first-order valence-electron chi connectivity index (χ1n) is 11.8. The summed E-state index contributed by atoms with van der Waals surface area (Å²) in [5.41, 5.74) is 4.68. The molecule has 5 rings (SSSR count). The Labute approximate surface area is 212 Å². The molecule has 188 valence electrons. The zero-order valence-corrected chi connectivity index (χ0v) is 21.0. The molecule has 0 spiro atoms. The van der Waals surface area contributed by atoms with Gasteiger partial charge in [0.2, 0.25) is 0 Å². The van der Waals surface area contributed by atoms with E-state index in [0.717, 1.165) is 67.9 Å². The predicted octanol–water partition coefficient (Wildman–Crippen LogP) is 2.01. The first-order chi connectivity index (χ1) is 17.2. The monoisotopic (exact) mass is 520 g/mol. The highest BCUT2D eigenvalue weighted by Crippen LogP contribution is 2.26. The number of morpholine rings is 2. The average Bonchev–Trinajstić information content (AvgIpc) is 2.89. The molecule has 12 heteroatoms. The number of fused-ring (bicyclic) bond motifs is 1. The second kappa shape index (κ2) is 11.6. The van der Waals surface area contributed by atoms with E-state index in [1.54, 1.807) is 6.07 Å². The molecule has 3 aliphatic rings. The number of nitrogens with one attached hydrogen (secondary N) is 1. The lowest BCUT2D eigenvalue weighted by Gasteiger charge is -2.28. The maximum absolute atomic E-state index is 12.4. The van der Waals surface area contributed by atoms with Gasteiger partial charge in [0.1, 0.15) is 12.4 Å². The second-order valence-electron chi connectivity index (χ2n) is 8.41. The fourth-order valence-corrected chi connectivity index (χ4v) is 5.59. The largest absolute Gasteiger partial charge is 0.462 e. The Balaban J connectivity index is 1.34. The van der Waals surface area contributed by atoms with E-state index in [2.05, 4.69) is 30.3 Å². The molecule has 3 aliphatic heterocycles. The van der Waals surface area contributed by atoms with Crippen molar-refractivity contribution in [1.29, 1.82) is 0 Å². The van der Waals surface area contributed by atoms with Crippen molar-refractivity contribution in [3.8, 4) is 6.01 Å². The molecule has 0 radical (unpaired) electrons. The molecule has 2 aromatic rings. The summed E-state index contributed by atoms with van der Waals surface area (Å²) in [6.45, 7) is 7.36. The van der Waals surface area contributed by atoms with Crippen LogP contribution >= 0.6 is 11.6 Å². The number of rotatable bonds is 7. The molecule has 0 bridgehead atoms. The normalized spacial score (nSPS) is 22.1. The molecular formula is C23H29ClN6O4S. The van der Waals surface area contributed by atoms with Crippen molar-refractivity contribution in [2.45, 2.75) is 11.3 Å². The molecule has 0 saturated carbocycles. The fraction of sp³-hybridized carbons (Fsp3) is 0.522. The molecule has 0 aliphatic carbocycles. The zero-order chi connectivity index (χ0) is 24.0. The zero-order valence-electron chi connectivity index (χ0n) is 19.4. The van der Waals surface area contributed by atoms with Crippen molar-refractivity contribution in [1.82, 2.24) is 14.9 Å². The van der Waals surface area contributed by atoms with E-state index in [-0.39, 0.29) is 0 Å². The van der Waals surface area contributed by atoms with E-state index in [1.807, 2.05) is 18.2 Å². The summed E-state index contributed by atoms with van der Waals surface area (Å²) in [6, 6.07) is 7.55. The van der Waals surface area contributed by atoms with Crippen LogP contribution in [-0.4, -0.2) is 96.3 Å². The number of aromatic nitrogens is 2. The van der Waals surface area contributed by atoms with E-state index in [4.69, 9.17) is 25.8 Å². The summed E-state index contributed by atoms with van der Waals surface area (Å²) in [6.07, 6.45) is 0.581. The number of hydrogen-bond acceptors (Lipinski definition) is 10. The summed E-state index contributed by atoms with van der Waals surface area (Å²) in [5, 5.41) is 5.20. The van der Waals surface area contributed by atoms with Gasteiger partial charge in [0.15, 0.2) is 5.82 Å². The maximum Gasteiger partial charge on any atom is 0.320 e. The lowest BCUT2D eigenvalue weighted by molar-refractivity contribution is 0.0317. The third kappa shape index (κ3) is 6.28. The number of benzene rings is 1. The van der Waals surface area contributed by atoms with Crippen LogP contribution in [0, 0.1) is 0 Å². The van der Waals surface area contributed by atoms with Crippen molar-refractivity contribution in [3.05, 3.63) is 34.9 Å². The van der Waals surface area contributed by atoms with Crippen molar-refractivity contribution >= 4 is 39.7 Å². The molecule has 1 unspecified atom stereocenters. The molecule has 4 heterocycles. The van der Waals surface area contributed by atoms with Gasteiger partial charge in [0.05, 0.1) is 42.9 Å². The molecule has 1 aromatic carbocycles. The summed E-state index contributed by atoms with van der Waals surface area (Å²) in [7, 11) is -1.05. The van der Waals surface area contributed by atoms with Gasteiger partial charge in [-0.25, -0.2) is 0 Å². The van der Waals surface area contributed by atoms with Gasteiger partial charge < -0.3 is 19.1 Å². The van der Waals surface area contributed by atoms with Crippen LogP contribution in [0.5, 0.6) is 6.01 Å². The fourth-order valence-electron chi connectivity index (χ4n) is 4.18. The number of hydrogen-bond donors (Lipinski definition) is 1. The van der Waals surface area contributed by atoms with Crippen LogP contribution in [0.15, 0.2) is 34.3 Å². The highest BCUT2D eigenvalue weighted by Gasteiger charge is 2.22. The third-order valence-electron chi connectivity index (χ3n) is 6.10. The first kappa shape index (κ1) is 24.4. The van der Waals surface area contributed by atoms with Gasteiger partial charge in [0.25, 0.3) is 0 Å². The Morgan fingerprint density at radius 1 is 1.09 bits per heavy atom. The van der Waals surface area contributed by atoms with Crippen LogP contribution in [0.3, 0.4) is 0 Å². The van der Waals surface area contributed by atoms with Crippen LogP contribution in [0.4, 0.5) is 11.6 Å². The number of ether oxygens (including phenoxy) is 3. The minimum atomic E-state index is -1.05. The van der Waals surface area contributed by atoms with E-state index >= 15 is 0 Å². The van der Waals surface area contributed by atoms with Crippen molar-refractivity contribution < 1.29 is 18.4 Å². The van der Waals surface area contributed by atoms with Gasteiger partial charge in [-0.3, -0.25) is 14.5 Å². The van der Waals surface area contributed by atoms with Gasteiger partial charge in [-0.15, -0.1) is 0 Å². The Bertz CT molecular complexity index is 1090. The van der Waals surface area contributed by atoms with E-state index in [9.17, 15) is 4.21 Å². The van der Waals surface area contributed by atoms with Crippen molar-refractivity contribution in [2.24, 2.45) is 5.10 Å². The summed E-state index contributed by atoms with van der Waals surface area (Å²) in [5.74, 6) is 1.82. The lowest BCUT2D eigenvalue weighted by Crippen LogP contribution is -2.39. The number of anilines is 2. The summed E-state index contributed by atoms with van der Waals surface area (Å²) in [4.78, 5) is 14.4. The van der Waals surface area contributed by atoms with Crippen LogP contribution in [0.1, 0.15) is 12.0 Å². The second-order valence-corrected chi connectivity index (χ2v) is 10.4. The van der Waals surface area contributed by atoms with Crippen LogP contribution in [-0.2, 0) is 20.3 Å². The summed E-state index contributed by atoms with van der Waals surface area (Å²) >= 11 is 6.20. The minimum absolute atomic E-state index is 0.304. The minimum Gasteiger partial charge on any atom is -0.462 e. The highest BCUT2D eigenvalue weighted by molar-refractivity contribution is 7.85. The van der Waals surface area contributed by atoms with Crippen molar-refractivity contribution in [2.75, 3.05) is 81.8 Å². The quantitative estimate of drug-likeness (QED) is 0.549. The molecule has 0 amide bonds. The topological polar surface area (TPSA) is 101 Å². The number of halogens is 1. The summed E-state index contributed by atoms with van der Waals surface area (Å²) < 4.78 is 29.3. The Hall–Kier alpha value is -2.31. The SMILES string of the molecule is O=S1CC/C(=N\Nc2cc(N3CCOCC3)nc(OCCN3CCOCC3)n2)c2cc(Cl)ccc21. The standard InChI is InChI=1S/C23H29ClN6O4S/c24-17-1-2-20-18(15-17)19(3-14-35(20)31)27-28-21-16-22(30-7-11-33-12-8-30)26-23(25-21)34-13-6-29-4-9-32-10-5-29/h1-2,15-16H,3-14H2,(H,25,26,28)/b27-19+. The van der Waals surface area contributed by atoms with Gasteiger partial charge in [-0.05, 0) is 18.2 Å². The van der Waals surface area contributed by atoms with E-state index < -0.39 is 10.8 Å². The lowest BCUT2D eigenvalue weighted by atomic mass is 10.1. The molecule has 1 N–H and O–H groups in total. The van der Waals surface area contributed by atoms with Crippen LogP contribution in [0.2, 0.25) is 5.02 Å². The molecule has 1 aromatic heterocycles.